The highest BCUT2D eigenvalue weighted by molar-refractivity contribution is 7.16. The number of benzene rings is 2. The molecule has 1 aliphatic rings. The van der Waals surface area contributed by atoms with E-state index in [1.54, 1.807) is 17.6 Å². The molecule has 0 bridgehead atoms. The molecule has 0 aliphatic heterocycles. The molecular weight excluding hydrogens is 494 g/mol. The van der Waals surface area contributed by atoms with Crippen molar-refractivity contribution in [3.63, 3.8) is 0 Å². The number of Topliss-reactive ketones (excluding diaryl/α,β-unsaturated/α-hetero) is 1. The van der Waals surface area contributed by atoms with Gasteiger partial charge in [-0.15, -0.1) is 22.7 Å². The highest BCUT2D eigenvalue weighted by Gasteiger charge is 2.26. The van der Waals surface area contributed by atoms with Crippen LogP contribution in [-0.2, 0) is 14.4 Å². The Morgan fingerprint density at radius 3 is 2.58 bits per heavy atom. The Bertz CT molecular complexity index is 1400. The van der Waals surface area contributed by atoms with Crippen molar-refractivity contribution >= 4 is 67.0 Å². The van der Waals surface area contributed by atoms with Crippen LogP contribution in [0.1, 0.15) is 32.1 Å². The second kappa shape index (κ2) is 10.5. The third-order valence-electron chi connectivity index (χ3n) is 6.34. The summed E-state index contributed by atoms with van der Waals surface area (Å²) >= 11 is 2.86. The predicted molar refractivity (Wildman–Crippen MR) is 144 cm³/mol. The zero-order valence-corrected chi connectivity index (χ0v) is 21.1. The molecule has 0 spiro atoms. The monoisotopic (exact) mass is 519 g/mol. The lowest BCUT2D eigenvalue weighted by Gasteiger charge is -2.26. The van der Waals surface area contributed by atoms with E-state index in [4.69, 9.17) is 5.73 Å². The molecule has 2 aromatic heterocycles. The van der Waals surface area contributed by atoms with Crippen molar-refractivity contribution in [3.05, 3.63) is 53.4 Å². The first kappa shape index (κ1) is 24.1. The number of nitrogens with two attached hydrogens (primary N) is 1. The van der Waals surface area contributed by atoms with Crippen molar-refractivity contribution in [1.82, 2.24) is 9.97 Å². The fourth-order valence-electron chi connectivity index (χ4n) is 4.38. The Kier molecular flexibility index (Phi) is 7.06. The maximum atomic E-state index is 13.4. The van der Waals surface area contributed by atoms with E-state index in [2.05, 4.69) is 15.3 Å². The lowest BCUT2D eigenvalue weighted by atomic mass is 9.86. The third-order valence-corrected chi connectivity index (χ3v) is 7.81. The zero-order chi connectivity index (χ0) is 25.1. The molecule has 4 aromatic rings. The summed E-state index contributed by atoms with van der Waals surface area (Å²) in [7, 11) is 0. The van der Waals surface area contributed by atoms with E-state index in [1.165, 1.54) is 27.6 Å². The SMILES string of the molecule is Nc1nc(-c2ccc(NC(=O)CN(C(=O)CC3CCC(=O)CC3)c3ccc4ncsc4c3)cc2)cs1. The summed E-state index contributed by atoms with van der Waals surface area (Å²) in [6.45, 7) is -0.112. The van der Waals surface area contributed by atoms with E-state index >= 15 is 0 Å². The number of thiazole rings is 2. The lowest BCUT2D eigenvalue weighted by Crippen LogP contribution is -2.39. The minimum Gasteiger partial charge on any atom is -0.375 e. The summed E-state index contributed by atoms with van der Waals surface area (Å²) in [5.41, 5.74) is 11.3. The average molecular weight is 520 g/mol. The number of fused-ring (bicyclic) bond motifs is 1. The van der Waals surface area contributed by atoms with E-state index in [0.717, 1.165) is 34.3 Å². The van der Waals surface area contributed by atoms with Crippen LogP contribution in [0.5, 0.6) is 0 Å². The van der Waals surface area contributed by atoms with Gasteiger partial charge in [-0.25, -0.2) is 9.97 Å². The van der Waals surface area contributed by atoms with Gasteiger partial charge in [0.05, 0.1) is 21.4 Å². The quantitative estimate of drug-likeness (QED) is 0.350. The molecule has 1 aliphatic carbocycles. The van der Waals surface area contributed by atoms with E-state index in [0.29, 0.717) is 35.8 Å². The van der Waals surface area contributed by atoms with Gasteiger partial charge in [0.2, 0.25) is 11.8 Å². The number of hydrogen-bond donors (Lipinski definition) is 2. The molecule has 8 nitrogen and oxygen atoms in total. The van der Waals surface area contributed by atoms with Crippen LogP contribution in [0.25, 0.3) is 21.5 Å². The number of nitrogens with one attached hydrogen (secondary N) is 1. The lowest BCUT2D eigenvalue weighted by molar-refractivity contribution is -0.124. The van der Waals surface area contributed by atoms with Gasteiger partial charge in [0.25, 0.3) is 0 Å². The summed E-state index contributed by atoms with van der Waals surface area (Å²) in [5, 5.41) is 5.28. The summed E-state index contributed by atoms with van der Waals surface area (Å²) in [5.74, 6) is -0.00269. The smallest absolute Gasteiger partial charge is 0.244 e. The van der Waals surface area contributed by atoms with Crippen LogP contribution in [0.4, 0.5) is 16.5 Å². The molecule has 2 aromatic carbocycles. The van der Waals surface area contributed by atoms with Gasteiger partial charge in [-0.05, 0) is 49.1 Å². The van der Waals surface area contributed by atoms with Gasteiger partial charge in [-0.3, -0.25) is 14.4 Å². The topological polar surface area (TPSA) is 118 Å². The molecule has 5 rings (SSSR count). The third kappa shape index (κ3) is 5.60. The number of aromatic nitrogens is 2. The standard InChI is InChI=1S/C26H25N5O3S2/c27-26-30-22(14-35-26)17-3-5-18(6-4-17)29-24(33)13-31(19-7-10-21-23(12-19)36-15-28-21)25(34)11-16-1-8-20(32)9-2-16/h3-7,10,12,14-16H,1-2,8-9,11,13H2,(H2,27,30)(H,29,33). The van der Waals surface area contributed by atoms with Gasteiger partial charge in [0, 0.05) is 41.6 Å². The number of carbonyl (C=O) groups is 3. The molecule has 0 atom stereocenters. The Balaban J connectivity index is 1.31. The molecule has 36 heavy (non-hydrogen) atoms. The highest BCUT2D eigenvalue weighted by Crippen LogP contribution is 2.29. The van der Waals surface area contributed by atoms with Gasteiger partial charge in [-0.2, -0.15) is 0 Å². The molecule has 3 N–H and O–H groups in total. The molecule has 1 fully saturated rings. The number of nitrogens with zero attached hydrogens (tertiary/aromatic N) is 3. The van der Waals surface area contributed by atoms with Gasteiger partial charge >= 0.3 is 0 Å². The second-order valence-corrected chi connectivity index (χ2v) is 10.6. The maximum absolute atomic E-state index is 13.4. The first-order chi connectivity index (χ1) is 17.4. The molecule has 10 heteroatoms. The molecular formula is C26H25N5O3S2. The largest absolute Gasteiger partial charge is 0.375 e. The Labute approximate surface area is 216 Å². The normalized spacial score (nSPS) is 14.2. The minimum absolute atomic E-state index is 0.112. The summed E-state index contributed by atoms with van der Waals surface area (Å²) in [6.07, 6.45) is 2.79. The first-order valence-corrected chi connectivity index (χ1v) is 13.5. The van der Waals surface area contributed by atoms with Gasteiger partial charge < -0.3 is 16.0 Å². The van der Waals surface area contributed by atoms with Crippen molar-refractivity contribution < 1.29 is 14.4 Å². The second-order valence-electron chi connectivity index (χ2n) is 8.87. The number of ketones is 1. The van der Waals surface area contributed by atoms with Crippen molar-refractivity contribution in [3.8, 4) is 11.3 Å². The van der Waals surface area contributed by atoms with Crippen LogP contribution in [0.3, 0.4) is 0 Å². The van der Waals surface area contributed by atoms with E-state index < -0.39 is 0 Å². The highest BCUT2D eigenvalue weighted by atomic mass is 32.1. The van der Waals surface area contributed by atoms with Crippen LogP contribution in [0, 0.1) is 5.92 Å². The maximum Gasteiger partial charge on any atom is 0.244 e. The summed E-state index contributed by atoms with van der Waals surface area (Å²) in [6, 6.07) is 12.9. The van der Waals surface area contributed by atoms with Crippen LogP contribution >= 0.6 is 22.7 Å². The van der Waals surface area contributed by atoms with Crippen LogP contribution in [0.15, 0.2) is 53.4 Å². The fraction of sp³-hybridized carbons (Fsp3) is 0.269. The Morgan fingerprint density at radius 2 is 1.86 bits per heavy atom. The van der Waals surface area contributed by atoms with E-state index in [1.807, 2.05) is 35.7 Å². The van der Waals surface area contributed by atoms with E-state index in [9.17, 15) is 14.4 Å². The van der Waals surface area contributed by atoms with Crippen molar-refractivity contribution in [2.45, 2.75) is 32.1 Å². The molecule has 184 valence electrons. The van der Waals surface area contributed by atoms with Crippen molar-refractivity contribution in [2.24, 2.45) is 5.92 Å². The molecule has 0 radical (unpaired) electrons. The number of carbonyl (C=O) groups excluding carboxylic acids is 3. The number of rotatable bonds is 7. The molecule has 0 saturated heterocycles. The molecule has 2 amide bonds. The molecule has 0 unspecified atom stereocenters. The zero-order valence-electron chi connectivity index (χ0n) is 19.5. The number of hydrogen-bond acceptors (Lipinski definition) is 8. The molecule has 1 saturated carbocycles. The Morgan fingerprint density at radius 1 is 1.08 bits per heavy atom. The summed E-state index contributed by atoms with van der Waals surface area (Å²) < 4.78 is 0.951. The summed E-state index contributed by atoms with van der Waals surface area (Å²) in [4.78, 5) is 48.1. The van der Waals surface area contributed by atoms with Crippen LogP contribution in [0.2, 0.25) is 0 Å². The van der Waals surface area contributed by atoms with Gasteiger partial charge in [-0.1, -0.05) is 12.1 Å². The van der Waals surface area contributed by atoms with Crippen LogP contribution < -0.4 is 16.0 Å². The Hall–Kier alpha value is -3.63. The number of nitrogen functional groups attached to an aromatic ring is 1. The molecule has 2 heterocycles. The minimum atomic E-state index is -0.294. The fourth-order valence-corrected chi connectivity index (χ4v) is 5.67. The first-order valence-electron chi connectivity index (χ1n) is 11.7. The van der Waals surface area contributed by atoms with Crippen molar-refractivity contribution in [2.75, 3.05) is 22.5 Å². The van der Waals surface area contributed by atoms with Crippen molar-refractivity contribution in [1.29, 1.82) is 0 Å². The van der Waals surface area contributed by atoms with Crippen LogP contribution in [-0.4, -0.2) is 34.1 Å². The van der Waals surface area contributed by atoms with E-state index in [-0.39, 0.29) is 30.1 Å². The average Bonchev–Trinajstić information content (AvgIpc) is 3.53. The van der Waals surface area contributed by atoms with Gasteiger partial charge in [0.15, 0.2) is 5.13 Å². The predicted octanol–water partition coefficient (Wildman–Crippen LogP) is 5.12. The van der Waals surface area contributed by atoms with Gasteiger partial charge in [0.1, 0.15) is 12.3 Å². The number of anilines is 3. The number of amides is 2.